The molecule has 2 aromatic carbocycles. The molecule has 0 aliphatic heterocycles. The SMILES string of the molecule is C/C(=N/NC(=O)C(N)=O)[C@H](C[C@H](C(=O)Nc1ccccc1C)/C(C)=N\NC(=O)C(N)=O)C(=O)Nc1ccccc1C. The van der Waals surface area contributed by atoms with Crippen molar-refractivity contribution in [2.75, 3.05) is 10.6 Å². The first-order valence-electron chi connectivity index (χ1n) is 12.3. The maximum atomic E-state index is 13.5. The zero-order valence-corrected chi connectivity index (χ0v) is 23.0. The summed E-state index contributed by atoms with van der Waals surface area (Å²) in [5, 5.41) is 13.3. The van der Waals surface area contributed by atoms with Crippen molar-refractivity contribution in [2.24, 2.45) is 33.5 Å². The Kier molecular flexibility index (Phi) is 11.4. The van der Waals surface area contributed by atoms with E-state index in [2.05, 4.69) is 20.8 Å². The predicted molar refractivity (Wildman–Crippen MR) is 152 cm³/mol. The molecule has 0 aliphatic carbocycles. The number of nitrogens with one attached hydrogen (secondary N) is 4. The highest BCUT2D eigenvalue weighted by atomic mass is 16.2. The number of hydrazone groups is 2. The monoisotopic (exact) mass is 564 g/mol. The number of hydrogen-bond donors (Lipinski definition) is 6. The second-order valence-corrected chi connectivity index (χ2v) is 9.07. The van der Waals surface area contributed by atoms with E-state index in [1.54, 1.807) is 62.4 Å². The van der Waals surface area contributed by atoms with E-state index >= 15 is 0 Å². The first kappa shape index (κ1) is 31.8. The van der Waals surface area contributed by atoms with Gasteiger partial charge in [-0.25, -0.2) is 10.9 Å². The number of benzene rings is 2. The smallest absolute Gasteiger partial charge is 0.329 e. The molecule has 41 heavy (non-hydrogen) atoms. The summed E-state index contributed by atoms with van der Waals surface area (Å²) in [5.74, 6) is -8.48. The summed E-state index contributed by atoms with van der Waals surface area (Å²) in [4.78, 5) is 72.8. The zero-order chi connectivity index (χ0) is 30.7. The number of hydrogen-bond acceptors (Lipinski definition) is 8. The second kappa shape index (κ2) is 14.7. The van der Waals surface area contributed by atoms with Crippen LogP contribution in [0.25, 0.3) is 0 Å². The molecular formula is C27H32N8O6. The van der Waals surface area contributed by atoms with Gasteiger partial charge in [0.15, 0.2) is 0 Å². The highest BCUT2D eigenvalue weighted by molar-refractivity contribution is 6.35. The standard InChI is InChI=1S/C27H32N8O6/c1-14-9-5-7-11-20(14)30-24(38)18(16(3)32-34-26(40)22(28)36)13-19(17(4)33-35-27(41)23(29)37)25(39)31-21-12-8-6-10-15(21)2/h5-12,18-19H,13H2,1-4H3,(H2,28,36)(H2,29,37)(H,30,38)(H,31,39)(H,34,40)(H,35,41)/b32-16-,33-17-/t18-,19-/m0/s1. The molecule has 0 saturated carbocycles. The maximum Gasteiger partial charge on any atom is 0.329 e. The van der Waals surface area contributed by atoms with Gasteiger partial charge in [0.2, 0.25) is 11.8 Å². The third-order valence-electron chi connectivity index (χ3n) is 6.03. The summed E-state index contributed by atoms with van der Waals surface area (Å²) < 4.78 is 0. The largest absolute Gasteiger partial charge is 0.361 e. The van der Waals surface area contributed by atoms with Crippen LogP contribution in [0.3, 0.4) is 0 Å². The minimum Gasteiger partial charge on any atom is -0.361 e. The minimum atomic E-state index is -1.29. The topological polar surface area (TPSA) is 227 Å². The van der Waals surface area contributed by atoms with Gasteiger partial charge >= 0.3 is 23.6 Å². The van der Waals surface area contributed by atoms with Gasteiger partial charge in [-0.15, -0.1) is 0 Å². The van der Waals surface area contributed by atoms with Gasteiger partial charge in [-0.1, -0.05) is 36.4 Å². The number of anilines is 2. The van der Waals surface area contributed by atoms with Gasteiger partial charge in [0, 0.05) is 22.8 Å². The Hall–Kier alpha value is -5.40. The molecule has 0 heterocycles. The van der Waals surface area contributed by atoms with Crippen LogP contribution < -0.4 is 33.0 Å². The first-order valence-corrected chi connectivity index (χ1v) is 12.3. The summed E-state index contributed by atoms with van der Waals surface area (Å²) in [6.45, 7) is 6.41. The van der Waals surface area contributed by atoms with Crippen molar-refractivity contribution in [1.82, 2.24) is 10.9 Å². The Morgan fingerprint density at radius 3 is 1.32 bits per heavy atom. The number of nitrogens with two attached hydrogens (primary N) is 2. The van der Waals surface area contributed by atoms with Gasteiger partial charge in [-0.3, -0.25) is 28.8 Å². The maximum absolute atomic E-state index is 13.5. The number of primary amides is 2. The quantitative estimate of drug-likeness (QED) is 0.136. The Morgan fingerprint density at radius 2 is 1.00 bits per heavy atom. The van der Waals surface area contributed by atoms with E-state index in [0.717, 1.165) is 11.1 Å². The van der Waals surface area contributed by atoms with Gasteiger partial charge < -0.3 is 22.1 Å². The Bertz CT molecular complexity index is 1310. The number of nitrogens with zero attached hydrogens (tertiary/aromatic N) is 2. The second-order valence-electron chi connectivity index (χ2n) is 9.07. The number of carbonyl (C=O) groups excluding carboxylic acids is 6. The van der Waals surface area contributed by atoms with Crippen LogP contribution in [0, 0.1) is 25.7 Å². The lowest BCUT2D eigenvalue weighted by Gasteiger charge is -2.23. The highest BCUT2D eigenvalue weighted by Crippen LogP contribution is 2.23. The van der Waals surface area contributed by atoms with Crippen molar-refractivity contribution >= 4 is 58.2 Å². The molecule has 2 rings (SSSR count). The summed E-state index contributed by atoms with van der Waals surface area (Å²) >= 11 is 0. The fraction of sp³-hybridized carbons (Fsp3) is 0.259. The van der Waals surface area contributed by atoms with E-state index < -0.39 is 47.3 Å². The van der Waals surface area contributed by atoms with Crippen molar-refractivity contribution in [3.63, 3.8) is 0 Å². The van der Waals surface area contributed by atoms with Crippen molar-refractivity contribution in [3.8, 4) is 0 Å². The molecule has 2 aromatic rings. The van der Waals surface area contributed by atoms with E-state index in [-0.39, 0.29) is 17.8 Å². The van der Waals surface area contributed by atoms with Gasteiger partial charge in [-0.05, 0) is 57.4 Å². The van der Waals surface area contributed by atoms with Crippen molar-refractivity contribution in [1.29, 1.82) is 0 Å². The van der Waals surface area contributed by atoms with Gasteiger partial charge in [0.25, 0.3) is 0 Å². The van der Waals surface area contributed by atoms with E-state index in [0.29, 0.717) is 11.4 Å². The molecule has 216 valence electrons. The first-order chi connectivity index (χ1) is 19.3. The van der Waals surface area contributed by atoms with E-state index in [4.69, 9.17) is 11.5 Å². The molecule has 0 aliphatic rings. The fourth-order valence-electron chi connectivity index (χ4n) is 3.58. The molecule has 14 heteroatoms. The lowest BCUT2D eigenvalue weighted by Crippen LogP contribution is -2.39. The van der Waals surface area contributed by atoms with Crippen molar-refractivity contribution in [3.05, 3.63) is 59.7 Å². The van der Waals surface area contributed by atoms with Crippen LogP contribution in [-0.2, 0) is 28.8 Å². The van der Waals surface area contributed by atoms with Gasteiger partial charge in [-0.2, -0.15) is 10.2 Å². The van der Waals surface area contributed by atoms with Crippen molar-refractivity contribution < 1.29 is 28.8 Å². The summed E-state index contributed by atoms with van der Waals surface area (Å²) in [7, 11) is 0. The van der Waals surface area contributed by atoms with Crippen LogP contribution in [0.4, 0.5) is 11.4 Å². The molecule has 0 fully saturated rings. The summed E-state index contributed by atoms with van der Waals surface area (Å²) in [6, 6.07) is 14.0. The average Bonchev–Trinajstić information content (AvgIpc) is 2.92. The lowest BCUT2D eigenvalue weighted by molar-refractivity contribution is -0.137. The van der Waals surface area contributed by atoms with Crippen LogP contribution in [-0.4, -0.2) is 46.9 Å². The molecule has 2 atom stereocenters. The Labute approximate surface area is 236 Å². The summed E-state index contributed by atoms with van der Waals surface area (Å²) in [5.41, 5.74) is 16.5. The third-order valence-corrected chi connectivity index (χ3v) is 6.03. The molecular weight excluding hydrogens is 532 g/mol. The summed E-state index contributed by atoms with van der Waals surface area (Å²) in [6.07, 6.45) is -0.251. The molecule has 0 spiro atoms. The number of rotatable bonds is 10. The average molecular weight is 565 g/mol. The Balaban J connectivity index is 2.51. The van der Waals surface area contributed by atoms with Crippen LogP contribution >= 0.6 is 0 Å². The van der Waals surface area contributed by atoms with Crippen LogP contribution in [0.5, 0.6) is 0 Å². The zero-order valence-electron chi connectivity index (χ0n) is 23.0. The molecule has 8 N–H and O–H groups in total. The number of carbonyl (C=O) groups is 6. The molecule has 0 unspecified atom stereocenters. The van der Waals surface area contributed by atoms with E-state index in [1.807, 2.05) is 10.9 Å². The molecule has 0 bridgehead atoms. The molecule has 0 saturated heterocycles. The van der Waals surface area contributed by atoms with Crippen LogP contribution in [0.1, 0.15) is 31.4 Å². The minimum absolute atomic E-state index is 0.0355. The van der Waals surface area contributed by atoms with Crippen molar-refractivity contribution in [2.45, 2.75) is 34.1 Å². The molecule has 6 amide bonds. The molecule has 0 aromatic heterocycles. The third kappa shape index (κ3) is 9.38. The fourth-order valence-corrected chi connectivity index (χ4v) is 3.58. The van der Waals surface area contributed by atoms with E-state index in [9.17, 15) is 28.8 Å². The normalized spacial score (nSPS) is 12.9. The highest BCUT2D eigenvalue weighted by Gasteiger charge is 2.32. The van der Waals surface area contributed by atoms with Gasteiger partial charge in [0.1, 0.15) is 0 Å². The lowest BCUT2D eigenvalue weighted by atomic mass is 9.87. The van der Waals surface area contributed by atoms with Crippen LogP contribution in [0.15, 0.2) is 58.7 Å². The number of para-hydroxylation sites is 2. The number of aryl methyl sites for hydroxylation is 2. The molecule has 0 radical (unpaired) electrons. The number of amides is 6. The van der Waals surface area contributed by atoms with E-state index in [1.165, 1.54) is 13.8 Å². The Morgan fingerprint density at radius 1 is 0.659 bits per heavy atom. The predicted octanol–water partition coefficient (Wildman–Crippen LogP) is 0.458. The molecule has 14 nitrogen and oxygen atoms in total. The van der Waals surface area contributed by atoms with Gasteiger partial charge in [0.05, 0.1) is 11.8 Å². The van der Waals surface area contributed by atoms with Crippen LogP contribution in [0.2, 0.25) is 0 Å².